The summed E-state index contributed by atoms with van der Waals surface area (Å²) in [7, 11) is 0. The smallest absolute Gasteiger partial charge is 0.246 e. The number of carbonyl (C=O) groups excluding carboxylic acids is 2. The van der Waals surface area contributed by atoms with Gasteiger partial charge >= 0.3 is 0 Å². The van der Waals surface area contributed by atoms with Gasteiger partial charge in [-0.25, -0.2) is 0 Å². The van der Waals surface area contributed by atoms with E-state index in [-0.39, 0.29) is 17.7 Å². The summed E-state index contributed by atoms with van der Waals surface area (Å²) in [6.07, 6.45) is 0. The largest absolute Gasteiger partial charge is 0.342 e. The molecule has 0 bridgehead atoms. The van der Waals surface area contributed by atoms with Crippen molar-refractivity contribution in [3.05, 3.63) is 11.1 Å². The number of nitrogens with one attached hydrogen (secondary N) is 1. The second-order valence-corrected chi connectivity index (χ2v) is 5.05. The van der Waals surface area contributed by atoms with Gasteiger partial charge in [0.1, 0.15) is 12.1 Å². The highest BCUT2D eigenvalue weighted by Gasteiger charge is 2.39. The average molecular weight is 259 g/mol. The Morgan fingerprint density at radius 2 is 2.12 bits per heavy atom. The third-order valence-corrected chi connectivity index (χ3v) is 3.34. The van der Waals surface area contributed by atoms with E-state index in [1.165, 1.54) is 5.54 Å². The second kappa shape index (κ2) is 5.54. The molecule has 0 spiro atoms. The van der Waals surface area contributed by atoms with Crippen LogP contribution in [-0.2, 0) is 9.59 Å². The number of piperazine rings is 1. The molecule has 1 aliphatic heterocycles. The van der Waals surface area contributed by atoms with Crippen LogP contribution in [0.4, 0.5) is 0 Å². The van der Waals surface area contributed by atoms with Crippen molar-refractivity contribution < 1.29 is 9.59 Å². The molecule has 2 amide bonds. The lowest BCUT2D eigenvalue weighted by atomic mass is 9.98. The molecule has 1 rings (SSSR count). The maximum absolute atomic E-state index is 12.2. The Bertz CT molecular complexity index is 352. The fraction of sp³-hybridized carbons (Fsp3) is 0.667. The minimum absolute atomic E-state index is 0.0371. The molecule has 0 aromatic heterocycles. The van der Waals surface area contributed by atoms with E-state index in [4.69, 9.17) is 11.6 Å². The monoisotopic (exact) mass is 258 g/mol. The lowest BCUT2D eigenvalue weighted by Crippen LogP contribution is -2.64. The molecule has 0 saturated carbocycles. The SMILES string of the molecule is CC(=CCl)CN1C(=O)C(C(C)C)NC(=O)C1C. The number of nitrogens with zero attached hydrogens (tertiary/aromatic N) is 1. The number of amides is 2. The van der Waals surface area contributed by atoms with E-state index in [9.17, 15) is 9.59 Å². The van der Waals surface area contributed by atoms with E-state index < -0.39 is 12.1 Å². The van der Waals surface area contributed by atoms with Gasteiger partial charge in [0.15, 0.2) is 0 Å². The predicted molar refractivity (Wildman–Crippen MR) is 67.6 cm³/mol. The zero-order valence-electron chi connectivity index (χ0n) is 10.7. The summed E-state index contributed by atoms with van der Waals surface area (Å²) in [6.45, 7) is 7.80. The van der Waals surface area contributed by atoms with Gasteiger partial charge in [-0.3, -0.25) is 9.59 Å². The van der Waals surface area contributed by atoms with Crippen LogP contribution in [0.1, 0.15) is 27.7 Å². The summed E-state index contributed by atoms with van der Waals surface area (Å²) < 4.78 is 0. The molecule has 0 radical (unpaired) electrons. The number of hydrogen-bond donors (Lipinski definition) is 1. The number of halogens is 1. The topological polar surface area (TPSA) is 49.4 Å². The summed E-state index contributed by atoms with van der Waals surface area (Å²) in [5, 5.41) is 2.75. The van der Waals surface area contributed by atoms with Crippen molar-refractivity contribution in [3.63, 3.8) is 0 Å². The fourth-order valence-corrected chi connectivity index (χ4v) is 1.89. The first kappa shape index (κ1) is 14.0. The Balaban J connectivity index is 2.91. The Hall–Kier alpha value is -1.03. The quantitative estimate of drug-likeness (QED) is 0.834. The van der Waals surface area contributed by atoms with Crippen LogP contribution in [-0.4, -0.2) is 35.3 Å². The molecule has 5 heteroatoms. The predicted octanol–water partition coefficient (Wildman–Crippen LogP) is 1.50. The molecule has 2 unspecified atom stereocenters. The maximum Gasteiger partial charge on any atom is 0.246 e. The molecule has 1 aliphatic rings. The summed E-state index contributed by atoms with van der Waals surface area (Å²) in [5.74, 6) is -0.0580. The molecule has 4 nitrogen and oxygen atoms in total. The Labute approximate surface area is 107 Å². The molecule has 17 heavy (non-hydrogen) atoms. The lowest BCUT2D eigenvalue weighted by Gasteiger charge is -2.39. The van der Waals surface area contributed by atoms with Gasteiger partial charge in [0.05, 0.1) is 0 Å². The van der Waals surface area contributed by atoms with Crippen LogP contribution in [0, 0.1) is 5.92 Å². The van der Waals surface area contributed by atoms with Crippen molar-refractivity contribution in [1.82, 2.24) is 10.2 Å². The number of hydrogen-bond acceptors (Lipinski definition) is 2. The summed E-state index contributed by atoms with van der Waals surface area (Å²) in [4.78, 5) is 25.6. The van der Waals surface area contributed by atoms with Gasteiger partial charge in [-0.1, -0.05) is 25.4 Å². The molecule has 1 heterocycles. The molecule has 96 valence electrons. The molecule has 1 N–H and O–H groups in total. The molecule has 0 aromatic carbocycles. The third-order valence-electron chi connectivity index (χ3n) is 2.97. The van der Waals surface area contributed by atoms with Crippen molar-refractivity contribution in [2.24, 2.45) is 5.92 Å². The lowest BCUT2D eigenvalue weighted by molar-refractivity contribution is -0.149. The van der Waals surface area contributed by atoms with Crippen molar-refractivity contribution in [3.8, 4) is 0 Å². The average Bonchev–Trinajstić information content (AvgIpc) is 2.28. The van der Waals surface area contributed by atoms with E-state index in [0.29, 0.717) is 6.54 Å². The van der Waals surface area contributed by atoms with E-state index in [1.54, 1.807) is 11.8 Å². The van der Waals surface area contributed by atoms with E-state index in [1.807, 2.05) is 20.8 Å². The van der Waals surface area contributed by atoms with Crippen molar-refractivity contribution in [2.75, 3.05) is 6.54 Å². The minimum atomic E-state index is -0.441. The highest BCUT2D eigenvalue weighted by Crippen LogP contribution is 2.16. The molecule has 0 aliphatic carbocycles. The van der Waals surface area contributed by atoms with Crippen molar-refractivity contribution in [2.45, 2.75) is 39.8 Å². The van der Waals surface area contributed by atoms with E-state index >= 15 is 0 Å². The fourth-order valence-electron chi connectivity index (χ4n) is 1.82. The zero-order valence-corrected chi connectivity index (χ0v) is 11.4. The highest BCUT2D eigenvalue weighted by molar-refractivity contribution is 6.25. The minimum Gasteiger partial charge on any atom is -0.342 e. The Morgan fingerprint density at radius 3 is 2.59 bits per heavy atom. The van der Waals surface area contributed by atoms with E-state index in [0.717, 1.165) is 5.57 Å². The molecule has 2 atom stereocenters. The van der Waals surface area contributed by atoms with Gasteiger partial charge in [-0.2, -0.15) is 0 Å². The van der Waals surface area contributed by atoms with E-state index in [2.05, 4.69) is 5.32 Å². The van der Waals surface area contributed by atoms with Gasteiger partial charge in [-0.15, -0.1) is 0 Å². The number of rotatable bonds is 3. The van der Waals surface area contributed by atoms with Crippen LogP contribution < -0.4 is 5.32 Å². The first-order valence-corrected chi connectivity index (χ1v) is 6.18. The molecular weight excluding hydrogens is 240 g/mol. The van der Waals surface area contributed by atoms with Gasteiger partial charge in [-0.05, 0) is 25.3 Å². The molecule has 1 saturated heterocycles. The molecular formula is C12H19ClN2O2. The molecule has 0 aromatic rings. The van der Waals surface area contributed by atoms with Gasteiger partial charge in [0.2, 0.25) is 11.8 Å². The van der Waals surface area contributed by atoms with Crippen LogP contribution in [0.25, 0.3) is 0 Å². The summed E-state index contributed by atoms with van der Waals surface area (Å²) in [5.41, 5.74) is 2.31. The molecule has 1 fully saturated rings. The van der Waals surface area contributed by atoms with Gasteiger partial charge < -0.3 is 10.2 Å². The Kier molecular flexibility index (Phi) is 4.57. The van der Waals surface area contributed by atoms with Crippen LogP contribution in [0.5, 0.6) is 0 Å². The highest BCUT2D eigenvalue weighted by atomic mass is 35.5. The third kappa shape index (κ3) is 3.00. The standard InChI is InChI=1S/C12H19ClN2O2/c1-7(2)10-12(17)15(6-8(3)5-13)9(4)11(16)14-10/h5,7,9-10H,6H2,1-4H3,(H,14,16). The Morgan fingerprint density at radius 1 is 1.53 bits per heavy atom. The first-order valence-electron chi connectivity index (χ1n) is 5.75. The normalized spacial score (nSPS) is 26.5. The summed E-state index contributed by atoms with van der Waals surface area (Å²) in [6, 6.07) is -0.870. The van der Waals surface area contributed by atoms with Crippen LogP contribution in [0.3, 0.4) is 0 Å². The number of carbonyl (C=O) groups is 2. The van der Waals surface area contributed by atoms with Gasteiger partial charge in [0.25, 0.3) is 0 Å². The summed E-state index contributed by atoms with van der Waals surface area (Å²) >= 11 is 5.60. The van der Waals surface area contributed by atoms with Crippen molar-refractivity contribution >= 4 is 23.4 Å². The van der Waals surface area contributed by atoms with Crippen LogP contribution >= 0.6 is 11.6 Å². The van der Waals surface area contributed by atoms with Gasteiger partial charge in [0, 0.05) is 12.1 Å². The van der Waals surface area contributed by atoms with Crippen LogP contribution in [0.15, 0.2) is 11.1 Å². The van der Waals surface area contributed by atoms with Crippen LogP contribution in [0.2, 0.25) is 0 Å². The zero-order chi connectivity index (χ0) is 13.2. The first-order chi connectivity index (χ1) is 7.88. The maximum atomic E-state index is 12.2. The second-order valence-electron chi connectivity index (χ2n) is 4.83. The van der Waals surface area contributed by atoms with Crippen molar-refractivity contribution in [1.29, 1.82) is 0 Å².